The number of carbonyl (C=O) groups is 3. The molecule has 7 nitrogen and oxygen atoms in total. The van der Waals surface area contributed by atoms with Crippen LogP contribution in [0.3, 0.4) is 0 Å². The predicted molar refractivity (Wildman–Crippen MR) is 122 cm³/mol. The van der Waals surface area contributed by atoms with E-state index < -0.39 is 0 Å². The number of aromatic nitrogens is 2. The van der Waals surface area contributed by atoms with Crippen molar-refractivity contribution in [1.82, 2.24) is 14.7 Å². The SMILES string of the molecule is O=C(CCCCCN1C(=O)c2ccccc2C1=O)Nc1nn(Cc2cccc(F)c2)cc1Cl. The molecule has 1 aliphatic heterocycles. The lowest BCUT2D eigenvalue weighted by Gasteiger charge is -2.13. The zero-order valence-electron chi connectivity index (χ0n) is 17.8. The Morgan fingerprint density at radius 2 is 1.73 bits per heavy atom. The van der Waals surface area contributed by atoms with Gasteiger partial charge in [-0.25, -0.2) is 4.39 Å². The lowest BCUT2D eigenvalue weighted by atomic mass is 10.1. The second-order valence-corrected chi connectivity index (χ2v) is 8.23. The first-order valence-corrected chi connectivity index (χ1v) is 11.0. The molecule has 0 radical (unpaired) electrons. The minimum Gasteiger partial charge on any atom is -0.308 e. The summed E-state index contributed by atoms with van der Waals surface area (Å²) in [6.07, 6.45) is 3.72. The monoisotopic (exact) mass is 468 g/mol. The molecule has 0 saturated carbocycles. The molecule has 33 heavy (non-hydrogen) atoms. The maximum absolute atomic E-state index is 13.3. The van der Waals surface area contributed by atoms with Crippen molar-refractivity contribution in [1.29, 1.82) is 0 Å². The van der Waals surface area contributed by atoms with E-state index >= 15 is 0 Å². The number of halogens is 2. The van der Waals surface area contributed by atoms with Crippen molar-refractivity contribution < 1.29 is 18.8 Å². The van der Waals surface area contributed by atoms with Crippen LogP contribution in [0, 0.1) is 5.82 Å². The number of anilines is 1. The Labute approximate surface area is 195 Å². The molecule has 0 bridgehead atoms. The standard InChI is InChI=1S/C24H22ClFN4O3/c25-20-15-29(14-16-7-6-8-17(26)13-16)28-22(20)27-21(31)11-2-1-5-12-30-23(32)18-9-3-4-10-19(18)24(30)33/h3-4,6-10,13,15H,1-2,5,11-12,14H2,(H,27,28,31). The molecule has 9 heteroatoms. The minimum atomic E-state index is -0.331. The summed E-state index contributed by atoms with van der Waals surface area (Å²) in [7, 11) is 0. The molecule has 0 atom stereocenters. The van der Waals surface area contributed by atoms with Crippen LogP contribution in [0.25, 0.3) is 0 Å². The number of hydrogen-bond acceptors (Lipinski definition) is 4. The first kappa shape index (κ1) is 22.7. The van der Waals surface area contributed by atoms with Crippen molar-refractivity contribution in [2.75, 3.05) is 11.9 Å². The topological polar surface area (TPSA) is 84.3 Å². The maximum Gasteiger partial charge on any atom is 0.261 e. The van der Waals surface area contributed by atoms with E-state index in [4.69, 9.17) is 11.6 Å². The van der Waals surface area contributed by atoms with Gasteiger partial charge in [0.05, 0.1) is 17.7 Å². The van der Waals surface area contributed by atoms with Crippen LogP contribution in [0.2, 0.25) is 5.02 Å². The van der Waals surface area contributed by atoms with Crippen molar-refractivity contribution >= 4 is 35.1 Å². The van der Waals surface area contributed by atoms with Gasteiger partial charge in [0, 0.05) is 19.2 Å². The Bertz CT molecular complexity index is 1170. The van der Waals surface area contributed by atoms with Gasteiger partial charge in [-0.1, -0.05) is 42.3 Å². The number of imide groups is 1. The molecule has 1 N–H and O–H groups in total. The number of fused-ring (bicyclic) bond motifs is 1. The Morgan fingerprint density at radius 1 is 1.00 bits per heavy atom. The summed E-state index contributed by atoms with van der Waals surface area (Å²) < 4.78 is 14.9. The molecule has 3 aromatic rings. The molecule has 170 valence electrons. The molecule has 0 spiro atoms. The summed E-state index contributed by atoms with van der Waals surface area (Å²) >= 11 is 6.17. The Morgan fingerprint density at radius 3 is 2.42 bits per heavy atom. The number of carbonyl (C=O) groups excluding carboxylic acids is 3. The van der Waals surface area contributed by atoms with Gasteiger partial charge in [-0.15, -0.1) is 0 Å². The van der Waals surface area contributed by atoms with Crippen LogP contribution in [0.4, 0.5) is 10.2 Å². The Kier molecular flexibility index (Phi) is 6.84. The van der Waals surface area contributed by atoms with E-state index in [9.17, 15) is 18.8 Å². The molecule has 2 aromatic carbocycles. The van der Waals surface area contributed by atoms with Gasteiger partial charge < -0.3 is 5.32 Å². The third-order valence-electron chi connectivity index (χ3n) is 5.37. The smallest absolute Gasteiger partial charge is 0.261 e. The normalized spacial score (nSPS) is 12.8. The predicted octanol–water partition coefficient (Wildman–Crippen LogP) is 4.52. The van der Waals surface area contributed by atoms with Crippen LogP contribution in [-0.2, 0) is 11.3 Å². The van der Waals surface area contributed by atoms with E-state index in [1.54, 1.807) is 42.6 Å². The first-order chi connectivity index (χ1) is 15.9. The number of benzene rings is 2. The lowest BCUT2D eigenvalue weighted by molar-refractivity contribution is -0.116. The molecule has 0 unspecified atom stereocenters. The van der Waals surface area contributed by atoms with Crippen molar-refractivity contribution in [2.24, 2.45) is 0 Å². The molecular weight excluding hydrogens is 447 g/mol. The number of amides is 3. The van der Waals surface area contributed by atoms with Crippen LogP contribution in [0.5, 0.6) is 0 Å². The number of nitrogens with one attached hydrogen (secondary N) is 1. The van der Waals surface area contributed by atoms with E-state index in [0.29, 0.717) is 48.5 Å². The summed E-state index contributed by atoms with van der Waals surface area (Å²) in [5.41, 5.74) is 1.61. The maximum atomic E-state index is 13.3. The molecule has 1 aliphatic rings. The van der Waals surface area contributed by atoms with Gasteiger partial charge in [0.25, 0.3) is 11.8 Å². The van der Waals surface area contributed by atoms with Gasteiger partial charge in [0.1, 0.15) is 10.8 Å². The van der Waals surface area contributed by atoms with Crippen molar-refractivity contribution in [3.8, 4) is 0 Å². The summed E-state index contributed by atoms with van der Waals surface area (Å²) in [5.74, 6) is -0.839. The van der Waals surface area contributed by atoms with Gasteiger partial charge in [0.15, 0.2) is 5.82 Å². The van der Waals surface area contributed by atoms with Gasteiger partial charge in [0.2, 0.25) is 5.91 Å². The molecule has 0 fully saturated rings. The van der Waals surface area contributed by atoms with E-state index in [1.165, 1.54) is 21.7 Å². The van der Waals surface area contributed by atoms with E-state index in [1.807, 2.05) is 0 Å². The molecule has 1 aromatic heterocycles. The summed E-state index contributed by atoms with van der Waals surface area (Å²) in [6, 6.07) is 13.0. The fraction of sp³-hybridized carbons (Fsp3) is 0.250. The quantitative estimate of drug-likeness (QED) is 0.369. The molecule has 0 saturated heterocycles. The second-order valence-electron chi connectivity index (χ2n) is 7.82. The zero-order chi connectivity index (χ0) is 23.4. The van der Waals surface area contributed by atoms with E-state index in [2.05, 4.69) is 10.4 Å². The highest BCUT2D eigenvalue weighted by atomic mass is 35.5. The highest BCUT2D eigenvalue weighted by molar-refractivity contribution is 6.33. The van der Waals surface area contributed by atoms with Crippen molar-refractivity contribution in [2.45, 2.75) is 32.2 Å². The summed E-state index contributed by atoms with van der Waals surface area (Å²) in [6.45, 7) is 0.648. The Balaban J connectivity index is 1.20. The number of unbranched alkanes of at least 4 members (excludes halogenated alkanes) is 2. The Hall–Kier alpha value is -3.52. The van der Waals surface area contributed by atoms with Crippen LogP contribution in [-0.4, -0.2) is 38.9 Å². The van der Waals surface area contributed by atoms with Gasteiger partial charge in [-0.3, -0.25) is 24.0 Å². The molecular formula is C24H22ClFN4O3. The van der Waals surface area contributed by atoms with Crippen LogP contribution in [0.15, 0.2) is 54.7 Å². The molecule has 0 aliphatic carbocycles. The first-order valence-electron chi connectivity index (χ1n) is 10.6. The number of rotatable bonds is 9. The minimum absolute atomic E-state index is 0.228. The third-order valence-corrected chi connectivity index (χ3v) is 5.65. The summed E-state index contributed by atoms with van der Waals surface area (Å²) in [4.78, 5) is 38.2. The number of hydrogen-bond donors (Lipinski definition) is 1. The van der Waals surface area contributed by atoms with E-state index in [0.717, 1.165) is 5.56 Å². The second kappa shape index (κ2) is 9.95. The van der Waals surface area contributed by atoms with Gasteiger partial charge >= 0.3 is 0 Å². The summed E-state index contributed by atoms with van der Waals surface area (Å²) in [5, 5.41) is 7.24. The zero-order valence-corrected chi connectivity index (χ0v) is 18.5. The molecule has 3 amide bonds. The van der Waals surface area contributed by atoms with Gasteiger partial charge in [-0.2, -0.15) is 5.10 Å². The highest BCUT2D eigenvalue weighted by Gasteiger charge is 2.34. The fourth-order valence-corrected chi connectivity index (χ4v) is 3.95. The average Bonchev–Trinajstić information content (AvgIpc) is 3.24. The van der Waals surface area contributed by atoms with E-state index in [-0.39, 0.29) is 35.8 Å². The van der Waals surface area contributed by atoms with Crippen molar-refractivity contribution in [3.63, 3.8) is 0 Å². The molecule has 2 heterocycles. The van der Waals surface area contributed by atoms with Crippen LogP contribution >= 0.6 is 11.6 Å². The number of nitrogens with zero attached hydrogens (tertiary/aromatic N) is 3. The lowest BCUT2D eigenvalue weighted by Crippen LogP contribution is -2.30. The molecule has 4 rings (SSSR count). The van der Waals surface area contributed by atoms with Crippen LogP contribution < -0.4 is 5.32 Å². The third kappa shape index (κ3) is 5.28. The fourth-order valence-electron chi connectivity index (χ4n) is 3.75. The van der Waals surface area contributed by atoms with Crippen molar-refractivity contribution in [3.05, 3.63) is 82.3 Å². The highest BCUT2D eigenvalue weighted by Crippen LogP contribution is 2.23. The average molecular weight is 469 g/mol. The van der Waals surface area contributed by atoms with Crippen LogP contribution in [0.1, 0.15) is 52.0 Å². The van der Waals surface area contributed by atoms with Gasteiger partial charge in [-0.05, 0) is 42.7 Å². The largest absolute Gasteiger partial charge is 0.308 e.